The molecule has 1 N–H and O–H groups in total. The summed E-state index contributed by atoms with van der Waals surface area (Å²) in [5, 5.41) is 4.81. The number of thiophene rings is 1. The molecule has 0 saturated carbocycles. The van der Waals surface area contributed by atoms with Crippen LogP contribution in [0, 0.1) is 0 Å². The first kappa shape index (κ1) is 15.3. The molecule has 0 spiro atoms. The van der Waals surface area contributed by atoms with Crippen LogP contribution in [-0.2, 0) is 12.8 Å². The van der Waals surface area contributed by atoms with Gasteiger partial charge in [0.05, 0.1) is 3.79 Å². The quantitative estimate of drug-likeness (QED) is 0.754. The van der Waals surface area contributed by atoms with Crippen LogP contribution in [0.5, 0.6) is 0 Å². The van der Waals surface area contributed by atoms with Gasteiger partial charge in [0.2, 0.25) is 0 Å². The Kier molecular flexibility index (Phi) is 5.72. The summed E-state index contributed by atoms with van der Waals surface area (Å²) in [5.41, 5.74) is 1.01. The van der Waals surface area contributed by atoms with E-state index in [9.17, 15) is 0 Å². The van der Waals surface area contributed by atoms with Gasteiger partial charge < -0.3 is 5.32 Å². The van der Waals surface area contributed by atoms with E-state index in [1.165, 1.54) is 4.88 Å². The third kappa shape index (κ3) is 4.20. The monoisotopic (exact) mass is 377 g/mol. The van der Waals surface area contributed by atoms with Crippen LogP contribution in [0.1, 0.15) is 10.4 Å². The highest BCUT2D eigenvalue weighted by Gasteiger charge is 2.14. The van der Waals surface area contributed by atoms with Gasteiger partial charge in [-0.25, -0.2) is 0 Å². The molecule has 1 heterocycles. The summed E-state index contributed by atoms with van der Waals surface area (Å²) >= 11 is 17.7. The van der Waals surface area contributed by atoms with Crippen LogP contribution in [0.15, 0.2) is 34.1 Å². The number of halogens is 3. The maximum atomic E-state index is 6.22. The lowest BCUT2D eigenvalue weighted by molar-refractivity contribution is 0.560. The van der Waals surface area contributed by atoms with Crippen LogP contribution in [-0.4, -0.2) is 13.1 Å². The third-order valence-corrected chi connectivity index (χ3v) is 5.35. The van der Waals surface area contributed by atoms with Crippen molar-refractivity contribution in [3.05, 3.63) is 54.6 Å². The van der Waals surface area contributed by atoms with Crippen molar-refractivity contribution in [2.75, 3.05) is 7.05 Å². The maximum absolute atomic E-state index is 6.22. The second-order valence-electron chi connectivity index (χ2n) is 4.30. The van der Waals surface area contributed by atoms with Crippen LogP contribution in [0.4, 0.5) is 0 Å². The Labute approximate surface area is 136 Å². The molecule has 0 radical (unpaired) electrons. The molecule has 0 aliphatic carbocycles. The van der Waals surface area contributed by atoms with Gasteiger partial charge in [-0.3, -0.25) is 0 Å². The number of likely N-dealkylation sites (N-methyl/N-ethyl adjacent to an activating group) is 1. The van der Waals surface area contributed by atoms with Gasteiger partial charge in [-0.15, -0.1) is 11.3 Å². The van der Waals surface area contributed by atoms with Gasteiger partial charge in [0.15, 0.2) is 0 Å². The van der Waals surface area contributed by atoms with Gasteiger partial charge in [0.1, 0.15) is 0 Å². The van der Waals surface area contributed by atoms with Crippen LogP contribution >= 0.6 is 50.5 Å². The van der Waals surface area contributed by atoms with Gasteiger partial charge in [-0.05, 0) is 65.6 Å². The molecule has 1 unspecified atom stereocenters. The van der Waals surface area contributed by atoms with E-state index in [-0.39, 0.29) is 0 Å². The first-order chi connectivity index (χ1) is 9.10. The van der Waals surface area contributed by atoms with Crippen LogP contribution in [0.3, 0.4) is 0 Å². The highest BCUT2D eigenvalue weighted by Crippen LogP contribution is 2.28. The summed E-state index contributed by atoms with van der Waals surface area (Å²) in [7, 11) is 1.97. The molecule has 1 nitrogen and oxygen atoms in total. The Balaban J connectivity index is 2.11. The largest absolute Gasteiger partial charge is 0.316 e. The predicted octanol–water partition coefficient (Wildman–Crippen LogP) is 5.19. The van der Waals surface area contributed by atoms with E-state index in [1.807, 2.05) is 25.2 Å². The van der Waals surface area contributed by atoms with Gasteiger partial charge >= 0.3 is 0 Å². The lowest BCUT2D eigenvalue weighted by Gasteiger charge is -2.17. The molecule has 2 rings (SSSR count). The number of nitrogens with one attached hydrogen (secondary N) is 1. The SMILES string of the molecule is CNC(Cc1ccc(Br)s1)Cc1c(Cl)cccc1Cl. The zero-order chi connectivity index (χ0) is 13.8. The summed E-state index contributed by atoms with van der Waals surface area (Å²) < 4.78 is 1.16. The van der Waals surface area contributed by atoms with E-state index >= 15 is 0 Å². The van der Waals surface area contributed by atoms with Crippen molar-refractivity contribution in [2.24, 2.45) is 0 Å². The highest BCUT2D eigenvalue weighted by atomic mass is 79.9. The summed E-state index contributed by atoms with van der Waals surface area (Å²) in [5.74, 6) is 0. The van der Waals surface area contributed by atoms with Crippen molar-refractivity contribution in [1.82, 2.24) is 5.32 Å². The predicted molar refractivity (Wildman–Crippen MR) is 88.7 cm³/mol. The van der Waals surface area contributed by atoms with Gasteiger partial charge in [0.25, 0.3) is 0 Å². The van der Waals surface area contributed by atoms with Gasteiger partial charge in [-0.1, -0.05) is 29.3 Å². The molecule has 19 heavy (non-hydrogen) atoms. The number of hydrogen-bond acceptors (Lipinski definition) is 2. The Morgan fingerprint density at radius 2 is 1.84 bits per heavy atom. The Morgan fingerprint density at radius 3 is 2.37 bits per heavy atom. The lowest BCUT2D eigenvalue weighted by atomic mass is 10.0. The second kappa shape index (κ2) is 7.09. The van der Waals surface area contributed by atoms with E-state index in [2.05, 4.69) is 33.4 Å². The van der Waals surface area contributed by atoms with E-state index in [1.54, 1.807) is 11.3 Å². The zero-order valence-corrected chi connectivity index (χ0v) is 14.3. The molecule has 0 aliphatic heterocycles. The Hall–Kier alpha value is -0.0600. The second-order valence-corrected chi connectivity index (χ2v) is 7.66. The topological polar surface area (TPSA) is 12.0 Å². The molecule has 2 aromatic rings. The van der Waals surface area contributed by atoms with E-state index in [0.29, 0.717) is 6.04 Å². The lowest BCUT2D eigenvalue weighted by Crippen LogP contribution is -2.29. The normalized spacial score (nSPS) is 12.6. The van der Waals surface area contributed by atoms with Crippen LogP contribution in [0.25, 0.3) is 0 Å². The minimum atomic E-state index is 0.322. The molecular formula is C14H14BrCl2NS. The zero-order valence-electron chi connectivity index (χ0n) is 10.4. The number of rotatable bonds is 5. The summed E-state index contributed by atoms with van der Waals surface area (Å²) in [6.45, 7) is 0. The molecule has 0 amide bonds. The Morgan fingerprint density at radius 1 is 1.16 bits per heavy atom. The molecular weight excluding hydrogens is 365 g/mol. The van der Waals surface area contributed by atoms with Crippen molar-refractivity contribution in [1.29, 1.82) is 0 Å². The highest BCUT2D eigenvalue weighted by molar-refractivity contribution is 9.11. The molecule has 102 valence electrons. The molecule has 1 aromatic carbocycles. The number of hydrogen-bond donors (Lipinski definition) is 1. The first-order valence-electron chi connectivity index (χ1n) is 5.94. The van der Waals surface area contributed by atoms with Crippen molar-refractivity contribution in [3.8, 4) is 0 Å². The third-order valence-electron chi connectivity index (χ3n) is 3.00. The Bertz CT molecular complexity index is 536. The first-order valence-corrected chi connectivity index (χ1v) is 8.31. The molecule has 0 bridgehead atoms. The average Bonchev–Trinajstić information content (AvgIpc) is 2.78. The summed E-state index contributed by atoms with van der Waals surface area (Å²) in [6, 6.07) is 10.2. The molecule has 1 atom stereocenters. The molecule has 5 heteroatoms. The standard InChI is InChI=1S/C14H14BrCl2NS/c1-18-9(7-10-5-6-14(15)19-10)8-11-12(16)3-2-4-13(11)17/h2-6,9,18H,7-8H2,1H3. The van der Waals surface area contributed by atoms with Crippen LogP contribution < -0.4 is 5.32 Å². The molecule has 0 saturated heterocycles. The minimum absolute atomic E-state index is 0.322. The van der Waals surface area contributed by atoms with Crippen molar-refractivity contribution >= 4 is 50.5 Å². The van der Waals surface area contributed by atoms with E-state index in [0.717, 1.165) is 32.2 Å². The van der Waals surface area contributed by atoms with Gasteiger partial charge in [0, 0.05) is 21.0 Å². The fourth-order valence-corrected chi connectivity index (χ4v) is 4.07. The fourth-order valence-electron chi connectivity index (χ4n) is 1.95. The van der Waals surface area contributed by atoms with Gasteiger partial charge in [-0.2, -0.15) is 0 Å². The van der Waals surface area contributed by atoms with E-state index in [4.69, 9.17) is 23.2 Å². The van der Waals surface area contributed by atoms with Crippen LogP contribution in [0.2, 0.25) is 10.0 Å². The molecule has 0 aliphatic rings. The average molecular weight is 379 g/mol. The van der Waals surface area contributed by atoms with Crippen molar-refractivity contribution in [3.63, 3.8) is 0 Å². The molecule has 1 aromatic heterocycles. The summed E-state index contributed by atoms with van der Waals surface area (Å²) in [6.07, 6.45) is 1.79. The van der Waals surface area contributed by atoms with E-state index < -0.39 is 0 Å². The minimum Gasteiger partial charge on any atom is -0.316 e. The number of benzene rings is 1. The summed E-state index contributed by atoms with van der Waals surface area (Å²) in [4.78, 5) is 1.34. The van der Waals surface area contributed by atoms with Crippen molar-refractivity contribution < 1.29 is 0 Å². The molecule has 0 fully saturated rings. The van der Waals surface area contributed by atoms with Crippen molar-refractivity contribution in [2.45, 2.75) is 18.9 Å². The fraction of sp³-hybridized carbons (Fsp3) is 0.286. The maximum Gasteiger partial charge on any atom is 0.0701 e. The smallest absolute Gasteiger partial charge is 0.0701 e.